The molecule has 1 heteroatoms. The first-order valence-corrected chi connectivity index (χ1v) is 14.1. The SMILES string of the molecule is c1ccc(-c2cc(-c3ccccc3)cc(-n3c4ccccc4c4c5ccccc5c(-c5ccccc5)cc43)c2)cc1. The molecule has 1 nitrogen and oxygen atoms in total. The topological polar surface area (TPSA) is 4.93 Å². The first-order chi connectivity index (χ1) is 20.3. The van der Waals surface area contributed by atoms with Gasteiger partial charge in [-0.15, -0.1) is 0 Å². The second-order valence-electron chi connectivity index (χ2n) is 10.6. The standard InChI is InChI=1S/C40H27N/c1-4-14-28(15-5-1)31-24-32(29-16-6-2-7-17-29)26-33(25-31)41-38-23-13-12-22-36(38)40-35-21-11-10-20-34(35)37(27-39(40)41)30-18-8-3-9-19-30/h1-27H. The van der Waals surface area contributed by atoms with Gasteiger partial charge in [-0.2, -0.15) is 0 Å². The van der Waals surface area contributed by atoms with Gasteiger partial charge in [-0.25, -0.2) is 0 Å². The van der Waals surface area contributed by atoms with Crippen molar-refractivity contribution in [2.75, 3.05) is 0 Å². The minimum atomic E-state index is 1.16. The van der Waals surface area contributed by atoms with E-state index in [1.165, 1.54) is 66.0 Å². The maximum absolute atomic E-state index is 2.46. The predicted molar refractivity (Wildman–Crippen MR) is 175 cm³/mol. The molecule has 0 amide bonds. The van der Waals surface area contributed by atoms with E-state index in [9.17, 15) is 0 Å². The van der Waals surface area contributed by atoms with E-state index in [4.69, 9.17) is 0 Å². The molecule has 8 rings (SSSR count). The summed E-state index contributed by atoms with van der Waals surface area (Å²) in [4.78, 5) is 0. The smallest absolute Gasteiger partial charge is 0.0553 e. The van der Waals surface area contributed by atoms with Crippen LogP contribution in [0.5, 0.6) is 0 Å². The number of hydrogen-bond donors (Lipinski definition) is 0. The normalized spacial score (nSPS) is 11.4. The Morgan fingerprint density at radius 2 is 0.805 bits per heavy atom. The monoisotopic (exact) mass is 521 g/mol. The third-order valence-electron chi connectivity index (χ3n) is 8.15. The molecule has 0 bridgehead atoms. The van der Waals surface area contributed by atoms with E-state index in [1.807, 2.05) is 0 Å². The fraction of sp³-hybridized carbons (Fsp3) is 0. The summed E-state index contributed by atoms with van der Waals surface area (Å²) < 4.78 is 2.46. The van der Waals surface area contributed by atoms with Crippen molar-refractivity contribution in [3.05, 3.63) is 164 Å². The molecular weight excluding hydrogens is 494 g/mol. The molecule has 0 unspecified atom stereocenters. The minimum Gasteiger partial charge on any atom is -0.309 e. The Morgan fingerprint density at radius 1 is 0.317 bits per heavy atom. The highest BCUT2D eigenvalue weighted by Gasteiger charge is 2.18. The molecule has 0 aliphatic rings. The van der Waals surface area contributed by atoms with Gasteiger partial charge in [0.1, 0.15) is 0 Å². The number of para-hydroxylation sites is 1. The van der Waals surface area contributed by atoms with Crippen LogP contribution >= 0.6 is 0 Å². The third kappa shape index (κ3) is 3.94. The lowest BCUT2D eigenvalue weighted by Crippen LogP contribution is -1.96. The Hall–Kier alpha value is -5.40. The molecule has 0 atom stereocenters. The predicted octanol–water partition coefficient (Wildman–Crippen LogP) is 10.9. The van der Waals surface area contributed by atoms with E-state index in [0.717, 1.165) is 5.69 Å². The van der Waals surface area contributed by atoms with Gasteiger partial charge in [0.05, 0.1) is 11.0 Å². The molecule has 7 aromatic carbocycles. The van der Waals surface area contributed by atoms with Crippen LogP contribution in [0.3, 0.4) is 0 Å². The van der Waals surface area contributed by atoms with Gasteiger partial charge in [-0.05, 0) is 74.5 Å². The lowest BCUT2D eigenvalue weighted by molar-refractivity contribution is 1.18. The quantitative estimate of drug-likeness (QED) is 0.217. The fourth-order valence-electron chi connectivity index (χ4n) is 6.30. The van der Waals surface area contributed by atoms with Gasteiger partial charge in [0.25, 0.3) is 0 Å². The molecule has 192 valence electrons. The van der Waals surface area contributed by atoms with Gasteiger partial charge in [0.15, 0.2) is 0 Å². The molecule has 0 aliphatic heterocycles. The first kappa shape index (κ1) is 23.5. The summed E-state index contributed by atoms with van der Waals surface area (Å²) >= 11 is 0. The second kappa shape index (κ2) is 9.66. The number of benzene rings is 7. The molecule has 41 heavy (non-hydrogen) atoms. The zero-order valence-corrected chi connectivity index (χ0v) is 22.5. The van der Waals surface area contributed by atoms with Crippen molar-refractivity contribution < 1.29 is 0 Å². The van der Waals surface area contributed by atoms with Crippen LogP contribution in [0.4, 0.5) is 0 Å². The molecule has 1 aromatic heterocycles. The number of nitrogens with zero attached hydrogens (tertiary/aromatic N) is 1. The van der Waals surface area contributed by atoms with Crippen LogP contribution in [0.2, 0.25) is 0 Å². The van der Waals surface area contributed by atoms with Crippen LogP contribution in [0.1, 0.15) is 0 Å². The van der Waals surface area contributed by atoms with Crippen molar-refractivity contribution in [1.82, 2.24) is 4.57 Å². The molecule has 0 N–H and O–H groups in total. The summed E-state index contributed by atoms with van der Waals surface area (Å²) in [5.41, 5.74) is 10.9. The molecule has 0 saturated heterocycles. The van der Waals surface area contributed by atoms with E-state index in [1.54, 1.807) is 0 Å². The van der Waals surface area contributed by atoms with Crippen molar-refractivity contribution in [3.63, 3.8) is 0 Å². The summed E-state index contributed by atoms with van der Waals surface area (Å²) in [6.07, 6.45) is 0. The van der Waals surface area contributed by atoms with E-state index < -0.39 is 0 Å². The average molecular weight is 522 g/mol. The van der Waals surface area contributed by atoms with Crippen LogP contribution in [-0.2, 0) is 0 Å². The van der Waals surface area contributed by atoms with Gasteiger partial charge in [-0.1, -0.05) is 133 Å². The summed E-state index contributed by atoms with van der Waals surface area (Å²) in [6, 6.07) is 59.2. The van der Waals surface area contributed by atoms with E-state index in [-0.39, 0.29) is 0 Å². The van der Waals surface area contributed by atoms with Crippen molar-refractivity contribution in [1.29, 1.82) is 0 Å². The summed E-state index contributed by atoms with van der Waals surface area (Å²) in [5, 5.41) is 5.12. The largest absolute Gasteiger partial charge is 0.309 e. The average Bonchev–Trinajstić information content (AvgIpc) is 3.40. The van der Waals surface area contributed by atoms with Crippen LogP contribution in [0.15, 0.2) is 164 Å². The van der Waals surface area contributed by atoms with Gasteiger partial charge in [0.2, 0.25) is 0 Å². The van der Waals surface area contributed by atoms with E-state index >= 15 is 0 Å². The number of fused-ring (bicyclic) bond motifs is 5. The Kier molecular flexibility index (Phi) is 5.53. The highest BCUT2D eigenvalue weighted by atomic mass is 15.0. The lowest BCUT2D eigenvalue weighted by atomic mass is 9.95. The molecule has 1 heterocycles. The van der Waals surface area contributed by atoms with Crippen LogP contribution in [-0.4, -0.2) is 4.57 Å². The maximum atomic E-state index is 2.46. The Morgan fingerprint density at radius 3 is 1.41 bits per heavy atom. The Bertz CT molecular complexity index is 2110. The fourth-order valence-corrected chi connectivity index (χ4v) is 6.30. The second-order valence-corrected chi connectivity index (χ2v) is 10.6. The summed E-state index contributed by atoms with van der Waals surface area (Å²) in [5.74, 6) is 0. The number of hydrogen-bond acceptors (Lipinski definition) is 0. The Labute approximate surface area is 239 Å². The molecule has 0 aliphatic carbocycles. The molecule has 0 spiro atoms. The molecule has 0 saturated carbocycles. The first-order valence-electron chi connectivity index (χ1n) is 14.1. The zero-order valence-electron chi connectivity index (χ0n) is 22.5. The van der Waals surface area contributed by atoms with Crippen molar-refractivity contribution >= 4 is 32.6 Å². The van der Waals surface area contributed by atoms with Crippen LogP contribution < -0.4 is 0 Å². The third-order valence-corrected chi connectivity index (χ3v) is 8.15. The molecule has 8 aromatic rings. The lowest BCUT2D eigenvalue weighted by Gasteiger charge is -2.15. The van der Waals surface area contributed by atoms with Crippen molar-refractivity contribution in [2.45, 2.75) is 0 Å². The zero-order chi connectivity index (χ0) is 27.2. The maximum Gasteiger partial charge on any atom is 0.0553 e. The van der Waals surface area contributed by atoms with E-state index in [0.29, 0.717) is 0 Å². The van der Waals surface area contributed by atoms with Crippen molar-refractivity contribution in [3.8, 4) is 39.1 Å². The van der Waals surface area contributed by atoms with Gasteiger partial charge in [-0.3, -0.25) is 0 Å². The van der Waals surface area contributed by atoms with Gasteiger partial charge >= 0.3 is 0 Å². The molecule has 0 radical (unpaired) electrons. The Balaban J connectivity index is 1.51. The minimum absolute atomic E-state index is 1.16. The summed E-state index contributed by atoms with van der Waals surface area (Å²) in [7, 11) is 0. The summed E-state index contributed by atoms with van der Waals surface area (Å²) in [6.45, 7) is 0. The van der Waals surface area contributed by atoms with Gasteiger partial charge in [0, 0.05) is 16.5 Å². The number of aromatic nitrogens is 1. The number of rotatable bonds is 4. The van der Waals surface area contributed by atoms with E-state index in [2.05, 4.69) is 168 Å². The molecular formula is C40H27N. The van der Waals surface area contributed by atoms with Gasteiger partial charge < -0.3 is 4.57 Å². The van der Waals surface area contributed by atoms with Crippen molar-refractivity contribution in [2.24, 2.45) is 0 Å². The molecule has 0 fully saturated rings. The van der Waals surface area contributed by atoms with Crippen LogP contribution in [0, 0.1) is 0 Å². The highest BCUT2D eigenvalue weighted by molar-refractivity contribution is 6.24. The highest BCUT2D eigenvalue weighted by Crippen LogP contribution is 2.42. The van der Waals surface area contributed by atoms with Crippen LogP contribution in [0.25, 0.3) is 71.6 Å².